The molecule has 0 aliphatic heterocycles. The molecule has 0 fully saturated rings. The first-order valence-electron chi connectivity index (χ1n) is 8.35. The molecule has 0 bridgehead atoms. The minimum atomic E-state index is -0.833. The molecule has 21 nitrogen and oxygen atoms in total. The smallest absolute Gasteiger partial charge is 0.300 e. The van der Waals surface area contributed by atoms with Gasteiger partial charge in [0.2, 0.25) is 0 Å². The second-order valence-electron chi connectivity index (χ2n) is 4.67. The summed E-state index contributed by atoms with van der Waals surface area (Å²) in [7, 11) is 0. The van der Waals surface area contributed by atoms with Gasteiger partial charge in [-0.05, 0) is 0 Å². The molecule has 0 aliphatic rings. The summed E-state index contributed by atoms with van der Waals surface area (Å²) in [5, 5.41) is 66.7. The van der Waals surface area contributed by atoms with E-state index in [1.165, 1.54) is 0 Å². The van der Waals surface area contributed by atoms with E-state index >= 15 is 0 Å². The predicted molar refractivity (Wildman–Crippen MR) is 136 cm³/mol. The van der Waals surface area contributed by atoms with E-state index in [1.54, 1.807) is 0 Å². The Labute approximate surface area is 246 Å². The zero-order valence-corrected chi connectivity index (χ0v) is 25.7. The van der Waals surface area contributed by atoms with Crippen LogP contribution in [-0.4, -0.2) is 141 Å². The molecule has 0 atom stereocenters. The van der Waals surface area contributed by atoms with E-state index in [2.05, 4.69) is 0 Å². The second kappa shape index (κ2) is 76.5. The van der Waals surface area contributed by atoms with Crippen LogP contribution in [0.1, 0.15) is 62.3 Å². The molecular weight excluding hydrogens is 674 g/mol. The molecule has 0 saturated carbocycles. The van der Waals surface area contributed by atoms with E-state index in [4.69, 9.17) is 89.1 Å². The summed E-state index contributed by atoms with van der Waals surface area (Å²) in [5.74, 6) is -7.50. The first kappa shape index (κ1) is 83.4. The quantitative estimate of drug-likeness (QED) is 0.122. The molecule has 0 heterocycles. The van der Waals surface area contributed by atoms with E-state index in [0.29, 0.717) is 0 Å². The van der Waals surface area contributed by atoms with Gasteiger partial charge in [-0.15, -0.1) is 0 Å². The van der Waals surface area contributed by atoms with E-state index in [9.17, 15) is 0 Å². The summed E-state index contributed by atoms with van der Waals surface area (Å²) >= 11 is 0. The van der Waals surface area contributed by atoms with Gasteiger partial charge in [0, 0.05) is 86.7 Å². The van der Waals surface area contributed by atoms with Crippen molar-refractivity contribution in [3.63, 3.8) is 0 Å². The van der Waals surface area contributed by atoms with Crippen LogP contribution in [0.4, 0.5) is 0 Å². The molecule has 0 spiro atoms. The van der Waals surface area contributed by atoms with Crippen LogP contribution >= 0.6 is 0 Å². The van der Waals surface area contributed by atoms with Gasteiger partial charge in [-0.3, -0.25) is 43.2 Å². The molecular formula is C18H42O21Sb. The van der Waals surface area contributed by atoms with Gasteiger partial charge < -0.3 is 62.4 Å². The third kappa shape index (κ3) is 2220. The largest absolute Gasteiger partial charge is 0.481 e. The molecule has 3 radical (unpaired) electrons. The fraction of sp³-hybridized carbons (Fsp3) is 0.500. The van der Waals surface area contributed by atoms with Crippen molar-refractivity contribution in [2.45, 2.75) is 62.3 Å². The summed E-state index contributed by atoms with van der Waals surface area (Å²) < 4.78 is 0. The van der Waals surface area contributed by atoms with Crippen molar-refractivity contribution >= 4 is 78.2 Å². The minimum absolute atomic E-state index is 0. The third-order valence-electron chi connectivity index (χ3n) is 0. The van der Waals surface area contributed by atoms with Crippen LogP contribution in [0.15, 0.2) is 0 Å². The fourth-order valence-corrected chi connectivity index (χ4v) is 0. The monoisotopic (exact) mass is 715 g/mol. The van der Waals surface area contributed by atoms with Gasteiger partial charge >= 0.3 is 0 Å². The van der Waals surface area contributed by atoms with Gasteiger partial charge in [-0.2, -0.15) is 0 Å². The Balaban J connectivity index is -0.0000000184. The van der Waals surface area contributed by atoms with E-state index in [0.717, 1.165) is 62.3 Å². The summed E-state index contributed by atoms with van der Waals surface area (Å²) in [6.07, 6.45) is 0. The van der Waals surface area contributed by atoms with Crippen molar-refractivity contribution in [1.82, 2.24) is 0 Å². The van der Waals surface area contributed by atoms with Gasteiger partial charge in [0.25, 0.3) is 53.7 Å². The van der Waals surface area contributed by atoms with Crippen LogP contribution in [0, 0.1) is 0 Å². The summed E-state index contributed by atoms with van der Waals surface area (Å²) in [4.78, 5) is 81.0. The number of carboxylic acid groups (broad SMARTS) is 9. The molecule has 0 aromatic carbocycles. The van der Waals surface area contributed by atoms with Crippen LogP contribution < -0.4 is 0 Å². The number of carbonyl (C=O) groups is 9. The molecule has 0 aromatic heterocycles. The van der Waals surface area contributed by atoms with Crippen LogP contribution in [0.3, 0.4) is 0 Å². The Morgan fingerprint density at radius 1 is 0.250 bits per heavy atom. The molecule has 0 saturated heterocycles. The Morgan fingerprint density at radius 2 is 0.250 bits per heavy atom. The third-order valence-corrected chi connectivity index (χ3v) is 0. The van der Waals surface area contributed by atoms with Crippen LogP contribution in [0.25, 0.3) is 0 Å². The zero-order valence-electron chi connectivity index (χ0n) is 23.1. The van der Waals surface area contributed by atoms with Crippen molar-refractivity contribution in [2.75, 3.05) is 0 Å². The molecule has 0 aromatic rings. The second-order valence-corrected chi connectivity index (χ2v) is 4.67. The number of hydrogen-bond donors (Lipinski definition) is 9. The predicted octanol–water partition coefficient (Wildman–Crippen LogP) is -2.04. The first-order valence-corrected chi connectivity index (χ1v) is 8.35. The van der Waals surface area contributed by atoms with Crippen molar-refractivity contribution in [3.8, 4) is 0 Å². The molecule has 0 unspecified atom stereocenters. The number of hydrogen-bond acceptors (Lipinski definition) is 9. The van der Waals surface area contributed by atoms with Gasteiger partial charge in [-0.1, -0.05) is 0 Å². The van der Waals surface area contributed by atoms with Gasteiger partial charge in [-0.25, -0.2) is 0 Å². The molecule has 245 valence electrons. The average molecular weight is 716 g/mol. The van der Waals surface area contributed by atoms with E-state index < -0.39 is 53.7 Å². The summed E-state index contributed by atoms with van der Waals surface area (Å²) in [6, 6.07) is 0. The zero-order chi connectivity index (χ0) is 32.2. The SMILES string of the molecule is CC(=O)O.CC(=O)O.CC(=O)O.CC(=O)O.CC(=O)O.CC(=O)O.CC(=O)O.CC(=O)O.CC(=O)O.O.O.O.[Sb]. The maximum absolute atomic E-state index is 9.00. The number of carboxylic acids is 9. The fourth-order valence-electron chi connectivity index (χ4n) is 0. The molecule has 0 amide bonds. The molecule has 40 heavy (non-hydrogen) atoms. The normalized spacial score (nSPS) is 5.62. The maximum Gasteiger partial charge on any atom is 0.300 e. The van der Waals surface area contributed by atoms with Gasteiger partial charge in [0.15, 0.2) is 0 Å². The Bertz CT molecular complexity index is 424. The standard InChI is InChI=1S/9C2H4O2.3H2O.Sb/c9*1-2(3)4;;;;/h9*1H3,(H,3,4);3*1H2;. The maximum atomic E-state index is 9.00. The van der Waals surface area contributed by atoms with Crippen LogP contribution in [0.2, 0.25) is 0 Å². The Morgan fingerprint density at radius 3 is 0.250 bits per heavy atom. The Kier molecular flexibility index (Phi) is 159. The molecule has 22 heteroatoms. The average Bonchev–Trinajstić information content (AvgIpc) is 2.39. The molecule has 0 rings (SSSR count). The van der Waals surface area contributed by atoms with Crippen molar-refractivity contribution in [3.05, 3.63) is 0 Å². The first-order chi connectivity index (χ1) is 15.6. The number of aliphatic carboxylic acids is 9. The van der Waals surface area contributed by atoms with Gasteiger partial charge in [0.05, 0.1) is 0 Å². The molecule has 0 aliphatic carbocycles. The minimum Gasteiger partial charge on any atom is -0.481 e. The van der Waals surface area contributed by atoms with Crippen molar-refractivity contribution in [1.29, 1.82) is 0 Å². The van der Waals surface area contributed by atoms with Gasteiger partial charge in [0.1, 0.15) is 0 Å². The van der Waals surface area contributed by atoms with E-state index in [1.807, 2.05) is 0 Å². The van der Waals surface area contributed by atoms with Crippen molar-refractivity contribution in [2.24, 2.45) is 0 Å². The Hall–Kier alpha value is -4.07. The van der Waals surface area contributed by atoms with Crippen LogP contribution in [-0.2, 0) is 43.2 Å². The summed E-state index contributed by atoms with van der Waals surface area (Å²) in [5.41, 5.74) is 0. The summed E-state index contributed by atoms with van der Waals surface area (Å²) in [6.45, 7) is 9.75. The van der Waals surface area contributed by atoms with E-state index in [-0.39, 0.29) is 40.9 Å². The van der Waals surface area contributed by atoms with Crippen molar-refractivity contribution < 1.29 is 106 Å². The topological polar surface area (TPSA) is 430 Å². The molecule has 15 N–H and O–H groups in total. The van der Waals surface area contributed by atoms with Crippen LogP contribution in [0.5, 0.6) is 0 Å². The number of rotatable bonds is 0.